The molecule has 36 heavy (non-hydrogen) atoms. The summed E-state index contributed by atoms with van der Waals surface area (Å²) < 4.78 is 38.2. The molecule has 3 aliphatic rings. The highest BCUT2D eigenvalue weighted by Gasteiger charge is 2.40. The molecule has 4 heteroatoms. The van der Waals surface area contributed by atoms with Crippen LogP contribution in [0.1, 0.15) is 92.4 Å². The zero-order valence-corrected chi connectivity index (χ0v) is 25.0. The Morgan fingerprint density at radius 2 is 1.58 bits per heavy atom. The molecule has 1 saturated carbocycles. The molecule has 0 aromatic carbocycles. The fourth-order valence-electron chi connectivity index (χ4n) is 5.85. The molecule has 2 atom stereocenters. The number of alkyl halides is 3. The van der Waals surface area contributed by atoms with Crippen LogP contribution in [0, 0.1) is 22.7 Å². The van der Waals surface area contributed by atoms with E-state index in [1.54, 1.807) is 18.2 Å². The van der Waals surface area contributed by atoms with Crippen LogP contribution in [-0.2, 0) is 4.74 Å². The Morgan fingerprint density at radius 3 is 2.25 bits per heavy atom. The van der Waals surface area contributed by atoms with Crippen molar-refractivity contribution < 1.29 is 13.5 Å². The maximum absolute atomic E-state index is 15.8. The molecule has 0 heterocycles. The summed E-state index contributed by atoms with van der Waals surface area (Å²) in [6, 6.07) is 0. The van der Waals surface area contributed by atoms with E-state index >= 15 is 8.78 Å². The van der Waals surface area contributed by atoms with Crippen molar-refractivity contribution in [3.63, 3.8) is 0 Å². The molecule has 3 aliphatic carbocycles. The fraction of sp³-hybridized carbons (Fsp3) is 0.625. The highest BCUT2D eigenvalue weighted by Crippen LogP contribution is 2.43. The van der Waals surface area contributed by atoms with E-state index in [2.05, 4.69) is 62.4 Å². The van der Waals surface area contributed by atoms with E-state index in [9.17, 15) is 0 Å². The first-order valence-corrected chi connectivity index (χ1v) is 15.4. The first-order chi connectivity index (χ1) is 17.0. The Labute approximate surface area is 232 Å². The number of halogens is 3. The van der Waals surface area contributed by atoms with Crippen molar-refractivity contribution in [1.29, 1.82) is 0 Å². The van der Waals surface area contributed by atoms with Gasteiger partial charge in [-0.25, -0.2) is 0 Å². The summed E-state index contributed by atoms with van der Waals surface area (Å²) in [7, 11) is 0. The molecule has 0 N–H and O–H groups in total. The zero-order valence-electron chi connectivity index (χ0n) is 22.9. The Morgan fingerprint density at radius 1 is 0.917 bits per heavy atom. The lowest BCUT2D eigenvalue weighted by atomic mass is 9.76. The van der Waals surface area contributed by atoms with Gasteiger partial charge in [0.25, 0.3) is 0 Å². The van der Waals surface area contributed by atoms with Crippen LogP contribution in [-0.4, -0.2) is 10.5 Å². The molecule has 0 radical (unpaired) electrons. The highest BCUT2D eigenvalue weighted by molar-refractivity contribution is 14.1. The summed E-state index contributed by atoms with van der Waals surface area (Å²) in [6.07, 6.45) is 21.4. The molecule has 0 aromatic rings. The van der Waals surface area contributed by atoms with Crippen LogP contribution >= 0.6 is 22.6 Å². The van der Waals surface area contributed by atoms with Gasteiger partial charge in [-0.3, -0.25) is 0 Å². The molecule has 0 spiro atoms. The molecule has 0 saturated heterocycles. The summed E-state index contributed by atoms with van der Waals surface area (Å²) in [5.41, 5.74) is 1.54. The lowest BCUT2D eigenvalue weighted by Gasteiger charge is -2.30. The predicted octanol–water partition coefficient (Wildman–Crippen LogP) is 10.7. The SMILES string of the molecule is CCCCC1(C)C=C(C)C=CC(OC(F)(F)C2=CC(C)(CCCI)C=C(C3CCC(C)CC3)C=C2)=C1. The van der Waals surface area contributed by atoms with Crippen LogP contribution in [0.15, 0.2) is 71.1 Å². The number of ether oxygens (including phenoxy) is 1. The molecule has 0 bridgehead atoms. The third-order valence-electron chi connectivity index (χ3n) is 7.96. The molecule has 3 rings (SSSR count). The average molecular weight is 611 g/mol. The van der Waals surface area contributed by atoms with Crippen LogP contribution in [0.5, 0.6) is 0 Å². The second-order valence-corrected chi connectivity index (χ2v) is 12.9. The third-order valence-corrected chi connectivity index (χ3v) is 8.73. The van der Waals surface area contributed by atoms with Crippen molar-refractivity contribution in [2.75, 3.05) is 4.43 Å². The van der Waals surface area contributed by atoms with Gasteiger partial charge in [0.2, 0.25) is 0 Å². The minimum Gasteiger partial charge on any atom is -0.429 e. The van der Waals surface area contributed by atoms with E-state index < -0.39 is 11.5 Å². The van der Waals surface area contributed by atoms with Gasteiger partial charge in [-0.05, 0) is 79.1 Å². The molecule has 2 unspecified atom stereocenters. The normalized spacial score (nSPS) is 31.1. The van der Waals surface area contributed by atoms with Gasteiger partial charge in [0.1, 0.15) is 5.76 Å². The average Bonchev–Trinajstić information content (AvgIpc) is 3.08. The molecule has 0 amide bonds. The third kappa shape index (κ3) is 8.16. The number of hydrogen-bond donors (Lipinski definition) is 0. The summed E-state index contributed by atoms with van der Waals surface area (Å²) >= 11 is 2.38. The largest absolute Gasteiger partial charge is 0.429 e. The van der Waals surface area contributed by atoms with Gasteiger partial charge >= 0.3 is 6.11 Å². The standard InChI is InChI=1S/C32H45F2IO/c1-6-7-17-30(4)20-25(3)11-16-29(23-30)36-32(33,34)28-15-14-27(26-12-9-24(2)10-13-26)21-31(5,22-28)18-8-19-35/h11,14-16,20-24,26H,6-10,12-13,17-19H2,1-5H3. The molecule has 0 aromatic heterocycles. The van der Waals surface area contributed by atoms with E-state index in [0.29, 0.717) is 5.92 Å². The fourth-order valence-corrected chi connectivity index (χ4v) is 6.23. The van der Waals surface area contributed by atoms with Gasteiger partial charge < -0.3 is 4.74 Å². The van der Waals surface area contributed by atoms with E-state index in [-0.39, 0.29) is 16.7 Å². The first-order valence-electron chi connectivity index (χ1n) is 13.8. The van der Waals surface area contributed by atoms with Crippen molar-refractivity contribution in [3.05, 3.63) is 71.1 Å². The summed E-state index contributed by atoms with van der Waals surface area (Å²) in [6.45, 7) is 10.7. The number of rotatable bonds is 10. The Kier molecular flexibility index (Phi) is 10.3. The number of hydrogen-bond acceptors (Lipinski definition) is 1. The van der Waals surface area contributed by atoms with Crippen LogP contribution < -0.4 is 0 Å². The van der Waals surface area contributed by atoms with Gasteiger partial charge in [0, 0.05) is 10.8 Å². The Hall–Kier alpha value is -1.17. The summed E-state index contributed by atoms with van der Waals surface area (Å²) in [5, 5.41) is 0. The zero-order chi connectivity index (χ0) is 26.4. The lowest BCUT2D eigenvalue weighted by molar-refractivity contribution is -0.177. The molecule has 1 nitrogen and oxygen atoms in total. The summed E-state index contributed by atoms with van der Waals surface area (Å²) in [4.78, 5) is 0. The van der Waals surface area contributed by atoms with E-state index in [1.807, 2.05) is 25.2 Å². The molecule has 200 valence electrons. The smallest absolute Gasteiger partial charge is 0.426 e. The van der Waals surface area contributed by atoms with Gasteiger partial charge in [-0.15, -0.1) is 0 Å². The minimum absolute atomic E-state index is 0.0348. The van der Waals surface area contributed by atoms with Crippen molar-refractivity contribution in [3.8, 4) is 0 Å². The summed E-state index contributed by atoms with van der Waals surface area (Å²) in [5.74, 6) is 1.46. The maximum Gasteiger partial charge on any atom is 0.426 e. The Balaban J connectivity index is 1.89. The van der Waals surface area contributed by atoms with E-state index in [1.165, 1.54) is 18.4 Å². The van der Waals surface area contributed by atoms with E-state index in [0.717, 1.165) is 60.9 Å². The van der Waals surface area contributed by atoms with Gasteiger partial charge in [0.15, 0.2) is 0 Å². The molecule has 1 fully saturated rings. The van der Waals surface area contributed by atoms with E-state index in [4.69, 9.17) is 4.74 Å². The number of allylic oxidation sites excluding steroid dienone is 9. The molecular weight excluding hydrogens is 565 g/mol. The first kappa shape index (κ1) is 29.4. The van der Waals surface area contributed by atoms with Gasteiger partial charge in [-0.2, -0.15) is 8.78 Å². The van der Waals surface area contributed by atoms with Crippen molar-refractivity contribution in [2.24, 2.45) is 22.7 Å². The lowest BCUT2D eigenvalue weighted by Crippen LogP contribution is -2.25. The van der Waals surface area contributed by atoms with Crippen LogP contribution in [0.2, 0.25) is 0 Å². The molecule has 0 aliphatic heterocycles. The van der Waals surface area contributed by atoms with Crippen LogP contribution in [0.25, 0.3) is 0 Å². The quantitative estimate of drug-likeness (QED) is 0.177. The Bertz CT molecular complexity index is 945. The van der Waals surface area contributed by atoms with Crippen LogP contribution in [0.3, 0.4) is 0 Å². The van der Waals surface area contributed by atoms with Crippen LogP contribution in [0.4, 0.5) is 8.78 Å². The predicted molar refractivity (Wildman–Crippen MR) is 157 cm³/mol. The number of unbranched alkanes of at least 4 members (excludes halogenated alkanes) is 1. The van der Waals surface area contributed by atoms with Crippen molar-refractivity contribution >= 4 is 22.6 Å². The second-order valence-electron chi connectivity index (χ2n) is 11.8. The van der Waals surface area contributed by atoms with Gasteiger partial charge in [0.05, 0.1) is 5.57 Å². The molecular formula is C32H45F2IO. The van der Waals surface area contributed by atoms with Crippen molar-refractivity contribution in [2.45, 2.75) is 98.5 Å². The highest BCUT2D eigenvalue weighted by atomic mass is 127. The monoisotopic (exact) mass is 610 g/mol. The maximum atomic E-state index is 15.8. The second kappa shape index (κ2) is 12.6. The van der Waals surface area contributed by atoms with Gasteiger partial charge in [-0.1, -0.05) is 112 Å². The van der Waals surface area contributed by atoms with Crippen molar-refractivity contribution in [1.82, 2.24) is 0 Å². The minimum atomic E-state index is -3.41. The topological polar surface area (TPSA) is 9.23 Å².